The normalized spacial score (nSPS) is 12.2. The largest absolute Gasteiger partial charge is 0.516 e. The van der Waals surface area contributed by atoms with Crippen LogP contribution in [0, 0.1) is 0 Å². The smallest absolute Gasteiger partial charge is 0.507 e. The van der Waals surface area contributed by atoms with E-state index in [4.69, 9.17) is 0 Å². The molecule has 0 aliphatic heterocycles. The van der Waals surface area contributed by atoms with Crippen LogP contribution < -0.4 is 4.72 Å². The molecule has 19 heavy (non-hydrogen) atoms. The van der Waals surface area contributed by atoms with E-state index in [-0.39, 0.29) is 4.47 Å². The zero-order valence-electron chi connectivity index (χ0n) is 8.69. The molecule has 1 aromatic rings. The lowest BCUT2D eigenvalue weighted by Crippen LogP contribution is -2.40. The number of rotatable bonds is 2. The van der Waals surface area contributed by atoms with Crippen molar-refractivity contribution >= 4 is 31.9 Å². The number of carbonyl (C=O) groups excluding carboxylic acids is 1. The third kappa shape index (κ3) is 3.29. The van der Waals surface area contributed by atoms with Crippen LogP contribution in [0.25, 0.3) is 0 Å². The van der Waals surface area contributed by atoms with Crippen molar-refractivity contribution in [2.24, 2.45) is 0 Å². The number of halogens is 4. The average Bonchev–Trinajstić information content (AvgIpc) is 2.22. The zero-order valence-corrected chi connectivity index (χ0v) is 11.1. The summed E-state index contributed by atoms with van der Waals surface area (Å²) in [6.07, 6.45) is 0. The predicted molar refractivity (Wildman–Crippen MR) is 59.9 cm³/mol. The van der Waals surface area contributed by atoms with Gasteiger partial charge in [0, 0.05) is 5.56 Å². The Kier molecular flexibility index (Phi) is 4.00. The van der Waals surface area contributed by atoms with E-state index >= 15 is 0 Å². The third-order valence-electron chi connectivity index (χ3n) is 1.83. The molecule has 0 aliphatic carbocycles. The molecule has 0 bridgehead atoms. The Morgan fingerprint density at radius 3 is 2.00 bits per heavy atom. The van der Waals surface area contributed by atoms with E-state index in [2.05, 4.69) is 15.9 Å². The van der Waals surface area contributed by atoms with Crippen molar-refractivity contribution in [1.29, 1.82) is 0 Å². The molecule has 3 N–H and O–H groups in total. The van der Waals surface area contributed by atoms with Crippen molar-refractivity contribution in [2.75, 3.05) is 0 Å². The van der Waals surface area contributed by atoms with Crippen LogP contribution in [0.2, 0.25) is 0 Å². The summed E-state index contributed by atoms with van der Waals surface area (Å²) in [4.78, 5) is 11.3. The first kappa shape index (κ1) is 15.6. The third-order valence-corrected chi connectivity index (χ3v) is 3.70. The molecule has 0 saturated heterocycles. The van der Waals surface area contributed by atoms with Crippen LogP contribution in [0.1, 0.15) is 10.4 Å². The van der Waals surface area contributed by atoms with Gasteiger partial charge in [0.2, 0.25) is 0 Å². The van der Waals surface area contributed by atoms with Crippen LogP contribution in [0.5, 0.6) is 11.5 Å². The fraction of sp³-hybridized carbons (Fsp3) is 0.125. The SMILES string of the molecule is O=C(NS(=O)(=O)C(F)(F)F)c1cc(O)c(Br)c(O)c1. The quantitative estimate of drug-likeness (QED) is 0.737. The van der Waals surface area contributed by atoms with Gasteiger partial charge in [-0.15, -0.1) is 0 Å². The van der Waals surface area contributed by atoms with Crippen molar-refractivity contribution in [1.82, 2.24) is 4.72 Å². The number of amides is 1. The summed E-state index contributed by atoms with van der Waals surface area (Å²) in [6.45, 7) is 0. The van der Waals surface area contributed by atoms with Crippen molar-refractivity contribution < 1.29 is 36.6 Å². The predicted octanol–water partition coefficient (Wildman–Crippen LogP) is 1.44. The monoisotopic (exact) mass is 363 g/mol. The van der Waals surface area contributed by atoms with Gasteiger partial charge < -0.3 is 10.2 Å². The summed E-state index contributed by atoms with van der Waals surface area (Å²) >= 11 is 2.73. The van der Waals surface area contributed by atoms with Gasteiger partial charge in [0.15, 0.2) is 0 Å². The van der Waals surface area contributed by atoms with Crippen molar-refractivity contribution in [3.8, 4) is 11.5 Å². The molecular weight excluding hydrogens is 359 g/mol. The second-order valence-electron chi connectivity index (χ2n) is 3.21. The van der Waals surface area contributed by atoms with Gasteiger partial charge in [-0.05, 0) is 28.1 Å². The van der Waals surface area contributed by atoms with E-state index in [9.17, 15) is 36.6 Å². The van der Waals surface area contributed by atoms with Crippen LogP contribution >= 0.6 is 15.9 Å². The lowest BCUT2D eigenvalue weighted by molar-refractivity contribution is -0.0446. The summed E-state index contributed by atoms with van der Waals surface area (Å²) in [6, 6.07) is 1.37. The van der Waals surface area contributed by atoms with Gasteiger partial charge in [-0.1, -0.05) is 0 Å². The standard InChI is InChI=1S/C8H5BrF3NO5S/c9-6-4(14)1-3(2-5(6)15)7(16)13-19(17,18)8(10,11)12/h1-2,14-15H,(H,13,16). The summed E-state index contributed by atoms with van der Waals surface area (Å²) in [5, 5.41) is 18.5. The summed E-state index contributed by atoms with van der Waals surface area (Å²) < 4.78 is 58.0. The van der Waals surface area contributed by atoms with Crippen molar-refractivity contribution in [2.45, 2.75) is 5.51 Å². The van der Waals surface area contributed by atoms with E-state index < -0.39 is 38.5 Å². The number of phenolic OH excluding ortho intramolecular Hbond substituents is 2. The maximum Gasteiger partial charge on any atom is 0.516 e. The van der Waals surface area contributed by atoms with Crippen LogP contribution in [-0.4, -0.2) is 30.0 Å². The molecule has 0 heterocycles. The lowest BCUT2D eigenvalue weighted by atomic mass is 10.2. The molecule has 1 amide bonds. The van der Waals surface area contributed by atoms with Gasteiger partial charge in [-0.25, -0.2) is 4.72 Å². The second-order valence-corrected chi connectivity index (χ2v) is 5.68. The number of aromatic hydroxyl groups is 2. The van der Waals surface area contributed by atoms with E-state index in [0.29, 0.717) is 12.1 Å². The van der Waals surface area contributed by atoms with E-state index in [1.807, 2.05) is 0 Å². The minimum absolute atomic E-state index is 0.192. The number of phenols is 2. The first-order valence-electron chi connectivity index (χ1n) is 4.30. The highest BCUT2D eigenvalue weighted by Gasteiger charge is 2.47. The fourth-order valence-corrected chi connectivity index (χ4v) is 1.67. The highest BCUT2D eigenvalue weighted by atomic mass is 79.9. The fourth-order valence-electron chi connectivity index (χ4n) is 0.964. The minimum atomic E-state index is -5.86. The molecule has 11 heteroatoms. The number of nitrogens with one attached hydrogen (secondary N) is 1. The Morgan fingerprint density at radius 2 is 1.63 bits per heavy atom. The number of sulfonamides is 1. The van der Waals surface area contributed by atoms with Gasteiger partial charge in [0.1, 0.15) is 16.0 Å². The van der Waals surface area contributed by atoms with Crippen LogP contribution in [-0.2, 0) is 10.0 Å². The molecule has 0 atom stereocenters. The Labute approximate surface area is 113 Å². The summed E-state index contributed by atoms with van der Waals surface area (Å²) in [5.74, 6) is -2.93. The Balaban J connectivity index is 3.11. The van der Waals surface area contributed by atoms with E-state index in [0.717, 1.165) is 4.72 Å². The number of hydrogen-bond donors (Lipinski definition) is 3. The second kappa shape index (κ2) is 4.89. The Morgan fingerprint density at radius 1 is 1.21 bits per heavy atom. The molecule has 6 nitrogen and oxygen atoms in total. The van der Waals surface area contributed by atoms with Gasteiger partial charge in [0.25, 0.3) is 5.91 Å². The number of carbonyl (C=O) groups is 1. The zero-order chi connectivity index (χ0) is 15.0. The maximum absolute atomic E-state index is 12.0. The van der Waals surface area contributed by atoms with Crippen molar-refractivity contribution in [3.63, 3.8) is 0 Å². The first-order chi connectivity index (χ1) is 8.45. The molecule has 1 rings (SSSR count). The molecule has 0 fully saturated rings. The average molecular weight is 364 g/mol. The minimum Gasteiger partial charge on any atom is -0.507 e. The van der Waals surface area contributed by atoms with Gasteiger partial charge >= 0.3 is 15.5 Å². The number of alkyl halides is 3. The van der Waals surface area contributed by atoms with Gasteiger partial charge in [0.05, 0.1) is 0 Å². The molecule has 0 aromatic heterocycles. The Hall–Kier alpha value is -1.49. The molecule has 0 saturated carbocycles. The first-order valence-corrected chi connectivity index (χ1v) is 6.58. The molecule has 0 unspecified atom stereocenters. The number of benzene rings is 1. The summed E-state index contributed by atoms with van der Waals surface area (Å²) in [7, 11) is -5.86. The van der Waals surface area contributed by atoms with Crippen LogP contribution in [0.3, 0.4) is 0 Å². The maximum atomic E-state index is 12.0. The highest BCUT2D eigenvalue weighted by Crippen LogP contribution is 2.34. The van der Waals surface area contributed by atoms with E-state index in [1.54, 1.807) is 0 Å². The Bertz CT molecular complexity index is 605. The molecule has 0 spiro atoms. The lowest BCUT2D eigenvalue weighted by Gasteiger charge is -2.10. The van der Waals surface area contributed by atoms with Crippen molar-refractivity contribution in [3.05, 3.63) is 22.2 Å². The molecular formula is C8H5BrF3NO5S. The van der Waals surface area contributed by atoms with Crippen LogP contribution in [0.4, 0.5) is 13.2 Å². The van der Waals surface area contributed by atoms with Crippen LogP contribution in [0.15, 0.2) is 16.6 Å². The molecule has 1 aromatic carbocycles. The molecule has 106 valence electrons. The van der Waals surface area contributed by atoms with E-state index in [1.165, 1.54) is 0 Å². The van der Waals surface area contributed by atoms with Gasteiger partial charge in [-0.2, -0.15) is 21.6 Å². The van der Waals surface area contributed by atoms with Gasteiger partial charge in [-0.3, -0.25) is 4.79 Å². The summed E-state index contributed by atoms with van der Waals surface area (Å²) in [5.41, 5.74) is -6.31. The molecule has 0 radical (unpaired) electrons. The topological polar surface area (TPSA) is 104 Å². The molecule has 0 aliphatic rings. The number of hydrogen-bond acceptors (Lipinski definition) is 5. The highest BCUT2D eigenvalue weighted by molar-refractivity contribution is 9.10.